The quantitative estimate of drug-likeness (QED) is 0.536. The van der Waals surface area contributed by atoms with Crippen LogP contribution in [-0.4, -0.2) is 13.5 Å². The fourth-order valence-electron chi connectivity index (χ4n) is 3.15. The van der Waals surface area contributed by atoms with Crippen molar-refractivity contribution in [3.05, 3.63) is 63.6 Å². The first-order valence-corrected chi connectivity index (χ1v) is 11.3. The van der Waals surface area contributed by atoms with Gasteiger partial charge in [-0.1, -0.05) is 41.5 Å². The summed E-state index contributed by atoms with van der Waals surface area (Å²) in [5.74, 6) is 0.103. The van der Waals surface area contributed by atoms with Gasteiger partial charge >= 0.3 is 6.18 Å². The minimum absolute atomic E-state index is 0.103. The molecular weight excluding hydrogens is 439 g/mol. The predicted molar refractivity (Wildman–Crippen MR) is 118 cm³/mol. The molecule has 0 atom stereocenters. The van der Waals surface area contributed by atoms with E-state index in [4.69, 9.17) is 0 Å². The van der Waals surface area contributed by atoms with Gasteiger partial charge in [-0.05, 0) is 58.9 Å². The number of phenols is 1. The molecule has 0 bridgehead atoms. The number of sulfone groups is 1. The Bertz CT molecular complexity index is 1150. The van der Waals surface area contributed by atoms with Crippen LogP contribution in [-0.2, 0) is 26.8 Å². The molecule has 0 aromatic heterocycles. The second-order valence-corrected chi connectivity index (χ2v) is 11.5. The summed E-state index contributed by atoms with van der Waals surface area (Å²) in [6, 6.07) is 7.88. The smallest absolute Gasteiger partial charge is 0.416 e. The lowest BCUT2D eigenvalue weighted by molar-refractivity contribution is -0.137. The van der Waals surface area contributed by atoms with Gasteiger partial charge in [-0.3, -0.25) is 0 Å². The maximum atomic E-state index is 12.9. The molecule has 0 spiro atoms. The van der Waals surface area contributed by atoms with Gasteiger partial charge in [0.2, 0.25) is 9.84 Å². The molecule has 2 rings (SSSR count). The number of halogens is 3. The topological polar surface area (TPSA) is 78.2 Å². The van der Waals surface area contributed by atoms with Crippen LogP contribution in [0, 0.1) is 11.3 Å². The number of phenolic OH excluding ortho intramolecular Hbond substituents is 1. The molecule has 0 aliphatic heterocycles. The molecule has 8 heteroatoms. The number of nitrogens with zero attached hydrogens (tertiary/aromatic N) is 1. The average molecular weight is 466 g/mol. The van der Waals surface area contributed by atoms with E-state index in [0.717, 1.165) is 12.1 Å². The van der Waals surface area contributed by atoms with Gasteiger partial charge < -0.3 is 5.11 Å². The molecule has 0 saturated carbocycles. The largest absolute Gasteiger partial charge is 0.507 e. The number of nitriles is 1. The minimum Gasteiger partial charge on any atom is -0.507 e. The zero-order valence-corrected chi connectivity index (χ0v) is 19.6. The maximum Gasteiger partial charge on any atom is 0.416 e. The molecule has 4 nitrogen and oxygen atoms in total. The number of benzene rings is 2. The second-order valence-electron chi connectivity index (χ2n) is 9.61. The number of aromatic hydroxyl groups is 1. The Morgan fingerprint density at radius 3 is 1.72 bits per heavy atom. The summed E-state index contributed by atoms with van der Waals surface area (Å²) in [4.78, 5) is -1.02. The zero-order valence-electron chi connectivity index (χ0n) is 18.8. The molecule has 0 aliphatic rings. The number of rotatable bonds is 3. The predicted octanol–water partition coefficient (Wildman–Crippen LogP) is 6.34. The summed E-state index contributed by atoms with van der Waals surface area (Å²) in [5, 5.41) is 20.4. The van der Waals surface area contributed by atoms with Crippen LogP contribution in [0.2, 0.25) is 0 Å². The van der Waals surface area contributed by atoms with Gasteiger partial charge in [0, 0.05) is 11.1 Å². The van der Waals surface area contributed by atoms with Crippen LogP contribution in [0.4, 0.5) is 13.2 Å². The van der Waals surface area contributed by atoms with Crippen molar-refractivity contribution in [2.24, 2.45) is 0 Å². The van der Waals surface area contributed by atoms with Gasteiger partial charge in [0.15, 0.2) is 0 Å². The number of hydrogen-bond donors (Lipinski definition) is 1. The Kier molecular flexibility index (Phi) is 6.59. The zero-order chi connectivity index (χ0) is 24.7. The first kappa shape index (κ1) is 25.5. The van der Waals surface area contributed by atoms with Crippen molar-refractivity contribution < 1.29 is 26.7 Å². The molecular formula is C24H26F3NO3S. The van der Waals surface area contributed by atoms with Gasteiger partial charge in [-0.15, -0.1) is 0 Å². The molecule has 1 N–H and O–H groups in total. The van der Waals surface area contributed by atoms with Crippen LogP contribution in [0.3, 0.4) is 0 Å². The molecule has 32 heavy (non-hydrogen) atoms. The number of allylic oxidation sites excluding steroid dienone is 1. The molecule has 0 aliphatic carbocycles. The van der Waals surface area contributed by atoms with E-state index in [-0.39, 0.29) is 5.75 Å². The first-order chi connectivity index (χ1) is 14.4. The highest BCUT2D eigenvalue weighted by Crippen LogP contribution is 2.40. The summed E-state index contributed by atoms with van der Waals surface area (Å²) < 4.78 is 64.3. The summed E-state index contributed by atoms with van der Waals surface area (Å²) in [6.07, 6.45) is -3.42. The van der Waals surface area contributed by atoms with Crippen LogP contribution < -0.4 is 0 Å². The van der Waals surface area contributed by atoms with Crippen molar-refractivity contribution in [2.45, 2.75) is 63.4 Å². The summed E-state index contributed by atoms with van der Waals surface area (Å²) in [5.41, 5.74) is -0.354. The SMILES string of the molecule is CC(C)(C)c1cc(/C=C(\C#N)S(=O)(=O)c2ccc(C(F)(F)F)cc2)cc(C(C)(C)C)c1O. The fourth-order valence-corrected chi connectivity index (χ4v) is 4.31. The Hall–Kier alpha value is -2.79. The molecule has 172 valence electrons. The van der Waals surface area contributed by atoms with Crippen LogP contribution in [0.15, 0.2) is 46.2 Å². The lowest BCUT2D eigenvalue weighted by atomic mass is 9.78. The summed E-state index contributed by atoms with van der Waals surface area (Å²) in [6.45, 7) is 11.4. The lowest BCUT2D eigenvalue weighted by Crippen LogP contribution is -2.17. The van der Waals surface area contributed by atoms with Gasteiger partial charge in [-0.2, -0.15) is 18.4 Å². The summed E-state index contributed by atoms with van der Waals surface area (Å²) >= 11 is 0. The normalized spacial score (nSPS) is 13.7. The number of hydrogen-bond acceptors (Lipinski definition) is 4. The second kappa shape index (κ2) is 8.28. The van der Waals surface area contributed by atoms with Crippen molar-refractivity contribution in [1.29, 1.82) is 5.26 Å². The molecule has 0 fully saturated rings. The van der Waals surface area contributed by atoms with E-state index in [2.05, 4.69) is 0 Å². The van der Waals surface area contributed by atoms with Crippen LogP contribution in [0.1, 0.15) is 63.8 Å². The van der Waals surface area contributed by atoms with Crippen LogP contribution in [0.5, 0.6) is 5.75 Å². The first-order valence-electron chi connectivity index (χ1n) is 9.81. The third-order valence-electron chi connectivity index (χ3n) is 4.94. The van der Waals surface area contributed by atoms with E-state index in [1.54, 1.807) is 18.2 Å². The van der Waals surface area contributed by atoms with E-state index in [1.807, 2.05) is 41.5 Å². The van der Waals surface area contributed by atoms with E-state index < -0.39 is 42.2 Å². The average Bonchev–Trinajstić information content (AvgIpc) is 2.64. The minimum atomic E-state index is -4.60. The Morgan fingerprint density at radius 2 is 1.38 bits per heavy atom. The van der Waals surface area contributed by atoms with E-state index in [0.29, 0.717) is 28.8 Å². The molecule has 0 amide bonds. The highest BCUT2D eigenvalue weighted by molar-refractivity contribution is 7.95. The highest BCUT2D eigenvalue weighted by atomic mass is 32.2. The molecule has 0 heterocycles. The van der Waals surface area contributed by atoms with Crippen molar-refractivity contribution in [1.82, 2.24) is 0 Å². The van der Waals surface area contributed by atoms with Crippen LogP contribution >= 0.6 is 0 Å². The highest BCUT2D eigenvalue weighted by Gasteiger charge is 2.31. The van der Waals surface area contributed by atoms with E-state index in [9.17, 15) is 32.0 Å². The van der Waals surface area contributed by atoms with Gasteiger partial charge in [0.1, 0.15) is 16.7 Å². The van der Waals surface area contributed by atoms with Crippen molar-refractivity contribution in [2.75, 3.05) is 0 Å². The Labute approximate surface area is 186 Å². The standard InChI is InChI=1S/C24H26F3NO3S/c1-22(2,3)19-12-15(13-20(21(19)29)23(4,5)6)11-18(14-28)32(30,31)17-9-7-16(8-10-17)24(25,26)27/h7-13,29H,1-6H3/b18-11+. The monoisotopic (exact) mass is 465 g/mol. The molecule has 2 aromatic carbocycles. The Morgan fingerprint density at radius 1 is 0.938 bits per heavy atom. The fraction of sp³-hybridized carbons (Fsp3) is 0.375. The van der Waals surface area contributed by atoms with E-state index in [1.165, 1.54) is 6.08 Å². The van der Waals surface area contributed by atoms with Gasteiger partial charge in [0.05, 0.1) is 10.5 Å². The van der Waals surface area contributed by atoms with Crippen molar-refractivity contribution >= 4 is 15.9 Å². The maximum absolute atomic E-state index is 12.9. The van der Waals surface area contributed by atoms with E-state index >= 15 is 0 Å². The lowest BCUT2D eigenvalue weighted by Gasteiger charge is -2.28. The van der Waals surface area contributed by atoms with Crippen molar-refractivity contribution in [3.63, 3.8) is 0 Å². The van der Waals surface area contributed by atoms with Crippen molar-refractivity contribution in [3.8, 4) is 11.8 Å². The number of alkyl halides is 3. The van der Waals surface area contributed by atoms with Crippen LogP contribution in [0.25, 0.3) is 6.08 Å². The molecule has 0 unspecified atom stereocenters. The van der Waals surface area contributed by atoms with Gasteiger partial charge in [0.25, 0.3) is 0 Å². The summed E-state index contributed by atoms with van der Waals surface area (Å²) in [7, 11) is -4.35. The molecule has 0 radical (unpaired) electrons. The Balaban J connectivity index is 2.68. The third kappa shape index (κ3) is 5.33. The molecule has 2 aromatic rings. The van der Waals surface area contributed by atoms with Gasteiger partial charge in [-0.25, -0.2) is 8.42 Å². The molecule has 0 saturated heterocycles. The third-order valence-corrected chi connectivity index (χ3v) is 6.62.